The van der Waals surface area contributed by atoms with E-state index in [1.54, 1.807) is 0 Å². The SMILES string of the molecule is COc1cc([N+](=O)[O-])cc(C=O)c1Br. The lowest BCUT2D eigenvalue weighted by Crippen LogP contribution is -1.94. The zero-order chi connectivity index (χ0) is 10.7. The fraction of sp³-hybridized carbons (Fsp3) is 0.125. The monoisotopic (exact) mass is 259 g/mol. The molecule has 0 heterocycles. The smallest absolute Gasteiger partial charge is 0.273 e. The Morgan fingerprint density at radius 2 is 2.21 bits per heavy atom. The number of hydrogen-bond acceptors (Lipinski definition) is 4. The molecule has 0 aliphatic rings. The predicted molar refractivity (Wildman–Crippen MR) is 52.7 cm³/mol. The molecule has 0 aromatic heterocycles. The second kappa shape index (κ2) is 4.19. The van der Waals surface area contributed by atoms with Crippen molar-refractivity contribution in [1.82, 2.24) is 0 Å². The summed E-state index contributed by atoms with van der Waals surface area (Å²) in [6, 6.07) is 2.43. The number of nitrogens with zero attached hydrogens (tertiary/aromatic N) is 1. The Kier molecular flexibility index (Phi) is 3.19. The number of methoxy groups -OCH3 is 1. The molecule has 0 N–H and O–H groups in total. The number of rotatable bonds is 3. The number of hydrogen-bond donors (Lipinski definition) is 0. The Bertz CT molecular complexity index is 391. The Labute approximate surface area is 88.0 Å². The highest BCUT2D eigenvalue weighted by Crippen LogP contribution is 2.32. The van der Waals surface area contributed by atoms with Gasteiger partial charge in [-0.05, 0) is 15.9 Å². The summed E-state index contributed by atoms with van der Waals surface area (Å²) < 4.78 is 5.29. The number of carbonyl (C=O) groups excluding carboxylic acids is 1. The van der Waals surface area contributed by atoms with Crippen molar-refractivity contribution in [3.63, 3.8) is 0 Å². The molecule has 6 heteroatoms. The van der Waals surface area contributed by atoms with Crippen molar-refractivity contribution < 1.29 is 14.5 Å². The molecule has 0 aliphatic carbocycles. The third-order valence-corrected chi connectivity index (χ3v) is 2.46. The Morgan fingerprint density at radius 1 is 1.57 bits per heavy atom. The molecule has 0 aliphatic heterocycles. The molecule has 0 radical (unpaired) electrons. The molecule has 1 rings (SSSR count). The number of aldehydes is 1. The van der Waals surface area contributed by atoms with Gasteiger partial charge in [0, 0.05) is 11.6 Å². The lowest BCUT2D eigenvalue weighted by molar-refractivity contribution is -0.385. The number of nitro benzene ring substituents is 1. The first-order chi connectivity index (χ1) is 6.60. The summed E-state index contributed by atoms with van der Waals surface area (Å²) in [7, 11) is 1.37. The molecule has 0 saturated heterocycles. The number of benzene rings is 1. The molecule has 0 unspecified atom stereocenters. The molecule has 0 bridgehead atoms. The standard InChI is InChI=1S/C8H6BrNO4/c1-14-7-3-6(10(12)13)2-5(4-11)8(7)9/h2-4H,1H3. The average molecular weight is 260 g/mol. The first-order valence-electron chi connectivity index (χ1n) is 3.57. The van der Waals surface area contributed by atoms with E-state index in [0.29, 0.717) is 10.8 Å². The summed E-state index contributed by atoms with van der Waals surface area (Å²) in [5.41, 5.74) is 0.0169. The summed E-state index contributed by atoms with van der Waals surface area (Å²) in [6.45, 7) is 0. The van der Waals surface area contributed by atoms with Crippen LogP contribution in [0, 0.1) is 10.1 Å². The highest BCUT2D eigenvalue weighted by atomic mass is 79.9. The zero-order valence-corrected chi connectivity index (χ0v) is 8.78. The lowest BCUT2D eigenvalue weighted by atomic mass is 10.2. The molecule has 0 fully saturated rings. The van der Waals surface area contributed by atoms with Gasteiger partial charge in [0.25, 0.3) is 5.69 Å². The van der Waals surface area contributed by atoms with Gasteiger partial charge in [0.1, 0.15) is 5.75 Å². The highest BCUT2D eigenvalue weighted by molar-refractivity contribution is 9.10. The van der Waals surface area contributed by atoms with Crippen molar-refractivity contribution in [3.05, 3.63) is 32.3 Å². The lowest BCUT2D eigenvalue weighted by Gasteiger charge is -2.04. The number of non-ortho nitro benzene ring substituents is 1. The fourth-order valence-electron chi connectivity index (χ4n) is 0.944. The van der Waals surface area contributed by atoms with Crippen LogP contribution in [0.3, 0.4) is 0 Å². The van der Waals surface area contributed by atoms with Gasteiger partial charge in [-0.1, -0.05) is 0 Å². The molecule has 0 saturated carbocycles. The van der Waals surface area contributed by atoms with Gasteiger partial charge in [-0.2, -0.15) is 0 Å². The van der Waals surface area contributed by atoms with Crippen molar-refractivity contribution in [3.8, 4) is 5.75 Å². The number of ether oxygens (including phenoxy) is 1. The van der Waals surface area contributed by atoms with Crippen LogP contribution in [0.15, 0.2) is 16.6 Å². The van der Waals surface area contributed by atoms with Crippen molar-refractivity contribution in [2.75, 3.05) is 7.11 Å². The quantitative estimate of drug-likeness (QED) is 0.474. The predicted octanol–water partition coefficient (Wildman–Crippen LogP) is 2.18. The van der Waals surface area contributed by atoms with E-state index >= 15 is 0 Å². The molecule has 0 amide bonds. The van der Waals surface area contributed by atoms with Crippen LogP contribution in [0.2, 0.25) is 0 Å². The summed E-state index contributed by atoms with van der Waals surface area (Å²) in [5, 5.41) is 10.5. The molecule has 1 aromatic carbocycles. The van der Waals surface area contributed by atoms with Gasteiger partial charge < -0.3 is 4.74 Å². The minimum Gasteiger partial charge on any atom is -0.495 e. The number of nitro groups is 1. The maximum Gasteiger partial charge on any atom is 0.273 e. The summed E-state index contributed by atoms with van der Waals surface area (Å²) in [5.74, 6) is 0.265. The van der Waals surface area contributed by atoms with E-state index in [0.717, 1.165) is 0 Å². The van der Waals surface area contributed by atoms with Crippen molar-refractivity contribution in [1.29, 1.82) is 0 Å². The van der Waals surface area contributed by atoms with Gasteiger partial charge in [0.15, 0.2) is 6.29 Å². The highest BCUT2D eigenvalue weighted by Gasteiger charge is 2.14. The molecule has 0 atom stereocenters. The summed E-state index contributed by atoms with van der Waals surface area (Å²) in [6.07, 6.45) is 0.527. The molecule has 0 spiro atoms. The van der Waals surface area contributed by atoms with E-state index < -0.39 is 4.92 Å². The number of carbonyl (C=O) groups is 1. The molecule has 74 valence electrons. The summed E-state index contributed by atoms with van der Waals surface area (Å²) in [4.78, 5) is 20.4. The largest absolute Gasteiger partial charge is 0.495 e. The maximum atomic E-state index is 10.6. The second-order valence-corrected chi connectivity index (χ2v) is 3.22. The van der Waals surface area contributed by atoms with Gasteiger partial charge in [0.2, 0.25) is 0 Å². The van der Waals surface area contributed by atoms with Gasteiger partial charge in [0.05, 0.1) is 22.6 Å². The van der Waals surface area contributed by atoms with Crippen molar-refractivity contribution in [2.24, 2.45) is 0 Å². The Morgan fingerprint density at radius 3 is 2.64 bits per heavy atom. The molecule has 14 heavy (non-hydrogen) atoms. The van der Waals surface area contributed by atoms with Gasteiger partial charge in [-0.25, -0.2) is 0 Å². The van der Waals surface area contributed by atoms with Crippen LogP contribution < -0.4 is 4.74 Å². The van der Waals surface area contributed by atoms with Crippen LogP contribution in [0.1, 0.15) is 10.4 Å². The van der Waals surface area contributed by atoms with E-state index in [2.05, 4.69) is 15.9 Å². The van der Waals surface area contributed by atoms with E-state index in [4.69, 9.17) is 4.74 Å². The van der Waals surface area contributed by atoms with Crippen LogP contribution in [-0.2, 0) is 0 Å². The molecule has 1 aromatic rings. The van der Waals surface area contributed by atoms with E-state index in [9.17, 15) is 14.9 Å². The minimum absolute atomic E-state index is 0.174. The van der Waals surface area contributed by atoms with Crippen molar-refractivity contribution >= 4 is 27.9 Å². The normalized spacial score (nSPS) is 9.57. The molecule has 5 nitrogen and oxygen atoms in total. The molecular formula is C8H6BrNO4. The van der Waals surface area contributed by atoms with E-state index in [-0.39, 0.29) is 17.0 Å². The van der Waals surface area contributed by atoms with Crippen LogP contribution in [0.25, 0.3) is 0 Å². The third kappa shape index (κ3) is 1.90. The van der Waals surface area contributed by atoms with Gasteiger partial charge >= 0.3 is 0 Å². The Balaban J connectivity index is 3.39. The topological polar surface area (TPSA) is 69.4 Å². The van der Waals surface area contributed by atoms with Crippen LogP contribution in [-0.4, -0.2) is 18.3 Å². The Hall–Kier alpha value is -1.43. The van der Waals surface area contributed by atoms with Crippen LogP contribution in [0.4, 0.5) is 5.69 Å². The fourth-order valence-corrected chi connectivity index (χ4v) is 1.43. The second-order valence-electron chi connectivity index (χ2n) is 2.43. The molecular weight excluding hydrogens is 254 g/mol. The van der Waals surface area contributed by atoms with Crippen molar-refractivity contribution in [2.45, 2.75) is 0 Å². The summed E-state index contributed by atoms with van der Waals surface area (Å²) >= 11 is 3.11. The zero-order valence-electron chi connectivity index (χ0n) is 7.19. The average Bonchev–Trinajstić information content (AvgIpc) is 2.17. The van der Waals surface area contributed by atoms with E-state index in [1.807, 2.05) is 0 Å². The third-order valence-electron chi connectivity index (χ3n) is 1.61. The van der Waals surface area contributed by atoms with Crippen LogP contribution >= 0.6 is 15.9 Å². The maximum absolute atomic E-state index is 10.6. The van der Waals surface area contributed by atoms with E-state index in [1.165, 1.54) is 19.2 Å². The van der Waals surface area contributed by atoms with Gasteiger partial charge in [-0.15, -0.1) is 0 Å². The number of halogens is 1. The first-order valence-corrected chi connectivity index (χ1v) is 4.36. The first kappa shape index (κ1) is 10.6. The van der Waals surface area contributed by atoms with Gasteiger partial charge in [-0.3, -0.25) is 14.9 Å². The minimum atomic E-state index is -0.581. The van der Waals surface area contributed by atoms with Crippen LogP contribution in [0.5, 0.6) is 5.75 Å².